The minimum atomic E-state index is -0.583. The number of aromatic nitrogens is 3. The highest BCUT2D eigenvalue weighted by atomic mass is 16.6. The van der Waals surface area contributed by atoms with Crippen molar-refractivity contribution in [3.05, 3.63) is 30.7 Å². The lowest BCUT2D eigenvalue weighted by molar-refractivity contribution is -0.117. The first kappa shape index (κ1) is 18.6. The van der Waals surface area contributed by atoms with Crippen molar-refractivity contribution in [3.63, 3.8) is 0 Å². The number of amides is 2. The molecular weight excluding hydrogens is 350 g/mol. The van der Waals surface area contributed by atoms with Gasteiger partial charge in [-0.15, -0.1) is 0 Å². The van der Waals surface area contributed by atoms with Gasteiger partial charge in [0.15, 0.2) is 0 Å². The zero-order valence-corrected chi connectivity index (χ0v) is 15.4. The lowest BCUT2D eigenvalue weighted by atomic mass is 10.2. The Hall–Kier alpha value is -3.23. The second-order valence-electron chi connectivity index (χ2n) is 7.12. The van der Waals surface area contributed by atoms with Crippen LogP contribution >= 0.6 is 0 Å². The van der Waals surface area contributed by atoms with Crippen LogP contribution in [0.5, 0.6) is 11.8 Å². The average molecular weight is 371 g/mol. The molecule has 142 valence electrons. The van der Waals surface area contributed by atoms with Crippen molar-refractivity contribution in [2.24, 2.45) is 5.92 Å². The van der Waals surface area contributed by atoms with Crippen molar-refractivity contribution in [1.82, 2.24) is 15.0 Å². The molecule has 2 amide bonds. The summed E-state index contributed by atoms with van der Waals surface area (Å²) in [5.41, 5.74) is -0.114. The fraction of sp³-hybridized carbons (Fsp3) is 0.389. The van der Waals surface area contributed by atoms with Gasteiger partial charge in [0.25, 0.3) is 0 Å². The predicted octanol–water partition coefficient (Wildman–Crippen LogP) is 3.36. The first-order valence-corrected chi connectivity index (χ1v) is 8.55. The highest BCUT2D eigenvalue weighted by molar-refractivity contribution is 5.93. The largest absolute Gasteiger partial charge is 0.444 e. The number of pyridine rings is 1. The van der Waals surface area contributed by atoms with Gasteiger partial charge in [-0.3, -0.25) is 10.1 Å². The quantitative estimate of drug-likeness (QED) is 0.828. The summed E-state index contributed by atoms with van der Waals surface area (Å²) < 4.78 is 10.7. The molecule has 0 radical (unpaired) electrons. The van der Waals surface area contributed by atoms with Gasteiger partial charge in [-0.25, -0.2) is 19.7 Å². The Labute approximate surface area is 156 Å². The summed E-state index contributed by atoms with van der Waals surface area (Å²) in [6.45, 7) is 5.35. The number of nitrogens with one attached hydrogen (secondary N) is 2. The third kappa shape index (κ3) is 5.91. The topological polar surface area (TPSA) is 115 Å². The minimum absolute atomic E-state index is 0.0460. The average Bonchev–Trinajstić information content (AvgIpc) is 3.40. The number of ether oxygens (including phenoxy) is 2. The molecule has 2 N–H and O–H groups in total. The van der Waals surface area contributed by atoms with Crippen LogP contribution in [-0.2, 0) is 9.53 Å². The molecule has 27 heavy (non-hydrogen) atoms. The molecule has 0 spiro atoms. The fourth-order valence-corrected chi connectivity index (χ4v) is 2.08. The molecule has 1 aliphatic rings. The summed E-state index contributed by atoms with van der Waals surface area (Å²) in [7, 11) is 0. The molecule has 1 aliphatic carbocycles. The fourth-order valence-electron chi connectivity index (χ4n) is 2.08. The number of rotatable bonds is 5. The zero-order chi connectivity index (χ0) is 19.4. The summed E-state index contributed by atoms with van der Waals surface area (Å²) in [6, 6.07) is 4.73. The molecule has 2 heterocycles. The highest BCUT2D eigenvalue weighted by Gasteiger charge is 2.29. The summed E-state index contributed by atoms with van der Waals surface area (Å²) in [5, 5.41) is 5.31. The maximum Gasteiger partial charge on any atom is 0.412 e. The Morgan fingerprint density at radius 2 is 1.85 bits per heavy atom. The maximum atomic E-state index is 11.8. The van der Waals surface area contributed by atoms with Crippen molar-refractivity contribution in [1.29, 1.82) is 0 Å². The van der Waals surface area contributed by atoms with Crippen LogP contribution < -0.4 is 15.4 Å². The van der Waals surface area contributed by atoms with E-state index in [0.717, 1.165) is 12.8 Å². The van der Waals surface area contributed by atoms with Crippen LogP contribution in [0.2, 0.25) is 0 Å². The first-order chi connectivity index (χ1) is 12.8. The van der Waals surface area contributed by atoms with Gasteiger partial charge in [-0.2, -0.15) is 0 Å². The number of anilines is 2. The molecule has 0 aromatic carbocycles. The maximum absolute atomic E-state index is 11.8. The first-order valence-electron chi connectivity index (χ1n) is 8.55. The molecule has 0 saturated heterocycles. The molecule has 2 aromatic rings. The van der Waals surface area contributed by atoms with Gasteiger partial charge in [-0.1, -0.05) is 0 Å². The van der Waals surface area contributed by atoms with Crippen LogP contribution in [0.15, 0.2) is 30.7 Å². The standard InChI is InChI=1S/C18H21N5O4/c1-18(2,3)27-17(25)22-12-6-7-14(19-9-12)26-15-8-13(20-10-21-15)23-16(24)11-4-5-11/h6-11H,4-5H2,1-3H3,(H,22,25)(H,20,21,23,24). The van der Waals surface area contributed by atoms with E-state index in [4.69, 9.17) is 9.47 Å². The highest BCUT2D eigenvalue weighted by Crippen LogP contribution is 2.30. The predicted molar refractivity (Wildman–Crippen MR) is 97.6 cm³/mol. The third-order valence-electron chi connectivity index (χ3n) is 3.43. The van der Waals surface area contributed by atoms with E-state index >= 15 is 0 Å². The van der Waals surface area contributed by atoms with Gasteiger partial charge >= 0.3 is 6.09 Å². The van der Waals surface area contributed by atoms with E-state index in [1.807, 2.05) is 0 Å². The van der Waals surface area contributed by atoms with Crippen LogP contribution in [0.4, 0.5) is 16.3 Å². The smallest absolute Gasteiger partial charge is 0.412 e. The molecule has 0 aliphatic heterocycles. The second kappa shape index (κ2) is 7.56. The van der Waals surface area contributed by atoms with Crippen molar-refractivity contribution in [2.45, 2.75) is 39.2 Å². The summed E-state index contributed by atoms with van der Waals surface area (Å²) >= 11 is 0. The molecule has 0 atom stereocenters. The Morgan fingerprint density at radius 1 is 1.07 bits per heavy atom. The van der Waals surface area contributed by atoms with Crippen molar-refractivity contribution < 1.29 is 19.1 Å². The Morgan fingerprint density at radius 3 is 2.48 bits per heavy atom. The Bertz CT molecular complexity index is 828. The van der Waals surface area contributed by atoms with E-state index < -0.39 is 11.7 Å². The van der Waals surface area contributed by atoms with Crippen LogP contribution in [0.3, 0.4) is 0 Å². The third-order valence-corrected chi connectivity index (χ3v) is 3.43. The second-order valence-corrected chi connectivity index (χ2v) is 7.12. The number of nitrogens with zero attached hydrogens (tertiary/aromatic N) is 3. The SMILES string of the molecule is CC(C)(C)OC(=O)Nc1ccc(Oc2cc(NC(=O)C3CC3)ncn2)nc1. The normalized spacial score (nSPS) is 13.6. The molecule has 0 unspecified atom stereocenters. The number of hydrogen-bond donors (Lipinski definition) is 2. The number of hydrogen-bond acceptors (Lipinski definition) is 7. The summed E-state index contributed by atoms with van der Waals surface area (Å²) in [5.74, 6) is 0.936. The van der Waals surface area contributed by atoms with Crippen molar-refractivity contribution in [2.75, 3.05) is 10.6 Å². The van der Waals surface area contributed by atoms with E-state index in [9.17, 15) is 9.59 Å². The number of carbonyl (C=O) groups excluding carboxylic acids is 2. The molecule has 1 saturated carbocycles. The monoisotopic (exact) mass is 371 g/mol. The minimum Gasteiger partial charge on any atom is -0.444 e. The Balaban J connectivity index is 1.58. The van der Waals surface area contributed by atoms with Gasteiger partial charge in [0.1, 0.15) is 17.7 Å². The van der Waals surface area contributed by atoms with E-state index in [0.29, 0.717) is 11.5 Å². The molecule has 1 fully saturated rings. The van der Waals surface area contributed by atoms with E-state index in [1.54, 1.807) is 32.9 Å². The van der Waals surface area contributed by atoms with Gasteiger partial charge < -0.3 is 14.8 Å². The van der Waals surface area contributed by atoms with Gasteiger partial charge in [0, 0.05) is 18.1 Å². The van der Waals surface area contributed by atoms with E-state index in [1.165, 1.54) is 18.6 Å². The van der Waals surface area contributed by atoms with Crippen molar-refractivity contribution in [3.8, 4) is 11.8 Å². The van der Waals surface area contributed by atoms with Crippen LogP contribution in [0.25, 0.3) is 0 Å². The molecule has 2 aromatic heterocycles. The summed E-state index contributed by atoms with van der Waals surface area (Å²) in [6.07, 6.45) is 4.00. The van der Waals surface area contributed by atoms with E-state index in [-0.39, 0.29) is 23.6 Å². The molecular formula is C18H21N5O4. The number of carbonyl (C=O) groups is 2. The van der Waals surface area contributed by atoms with Gasteiger partial charge in [0.05, 0.1) is 11.9 Å². The van der Waals surface area contributed by atoms with Crippen LogP contribution in [0, 0.1) is 5.92 Å². The van der Waals surface area contributed by atoms with E-state index in [2.05, 4.69) is 25.6 Å². The summed E-state index contributed by atoms with van der Waals surface area (Å²) in [4.78, 5) is 35.6. The lowest BCUT2D eigenvalue weighted by Crippen LogP contribution is -2.27. The molecule has 9 heteroatoms. The molecule has 0 bridgehead atoms. The zero-order valence-electron chi connectivity index (χ0n) is 15.4. The van der Waals surface area contributed by atoms with Gasteiger partial charge in [0.2, 0.25) is 17.7 Å². The van der Waals surface area contributed by atoms with Gasteiger partial charge in [-0.05, 0) is 39.7 Å². The molecule has 9 nitrogen and oxygen atoms in total. The van der Waals surface area contributed by atoms with Crippen LogP contribution in [0.1, 0.15) is 33.6 Å². The Kier molecular flexibility index (Phi) is 5.20. The molecule has 3 rings (SSSR count). The van der Waals surface area contributed by atoms with Crippen molar-refractivity contribution >= 4 is 23.5 Å². The lowest BCUT2D eigenvalue weighted by Gasteiger charge is -2.19. The van der Waals surface area contributed by atoms with Crippen LogP contribution in [-0.4, -0.2) is 32.6 Å².